The van der Waals surface area contributed by atoms with Crippen molar-refractivity contribution < 1.29 is 19.0 Å². The molecule has 0 N–H and O–H groups in total. The van der Waals surface area contributed by atoms with Gasteiger partial charge in [0.15, 0.2) is 6.29 Å². The molecular formula is C15H27BrO4. The fourth-order valence-electron chi connectivity index (χ4n) is 2.37. The van der Waals surface area contributed by atoms with Gasteiger partial charge in [0.25, 0.3) is 0 Å². The predicted octanol–water partition coefficient (Wildman–Crippen LogP) is 3.81. The van der Waals surface area contributed by atoms with Crippen LogP contribution in [0.25, 0.3) is 0 Å². The van der Waals surface area contributed by atoms with Crippen molar-refractivity contribution in [2.45, 2.75) is 70.7 Å². The Kier molecular flexibility index (Phi) is 10.3. The molecule has 1 aliphatic heterocycles. The first-order valence-corrected chi connectivity index (χ1v) is 8.81. The van der Waals surface area contributed by atoms with Gasteiger partial charge in [-0.2, -0.15) is 0 Å². The fourth-order valence-corrected chi connectivity index (χ4v) is 2.82. The number of hydrogen-bond acceptors (Lipinski definition) is 4. The Hall–Kier alpha value is -0.130. The van der Waals surface area contributed by atoms with Gasteiger partial charge in [0, 0.05) is 12.3 Å². The summed E-state index contributed by atoms with van der Waals surface area (Å²) < 4.78 is 16.0. The van der Waals surface area contributed by atoms with E-state index in [-0.39, 0.29) is 18.4 Å². The van der Waals surface area contributed by atoms with Gasteiger partial charge in [-0.25, -0.2) is 0 Å². The molecule has 0 radical (unpaired) electrons. The average Bonchev–Trinajstić information content (AvgIpc) is 2.93. The Balaban J connectivity index is 1.85. The third-order valence-electron chi connectivity index (χ3n) is 3.41. The summed E-state index contributed by atoms with van der Waals surface area (Å²) in [5.41, 5.74) is 0. The van der Waals surface area contributed by atoms with E-state index in [1.54, 1.807) is 0 Å². The highest BCUT2D eigenvalue weighted by Crippen LogP contribution is 2.15. The molecule has 1 aliphatic rings. The zero-order valence-corrected chi connectivity index (χ0v) is 14.0. The smallest absolute Gasteiger partial charge is 0.302 e. The third kappa shape index (κ3) is 8.93. The summed E-state index contributed by atoms with van der Waals surface area (Å²) in [6.45, 7) is 2.97. The van der Waals surface area contributed by atoms with E-state index in [0.717, 1.165) is 37.8 Å². The second kappa shape index (κ2) is 11.5. The zero-order chi connectivity index (χ0) is 14.6. The van der Waals surface area contributed by atoms with Crippen molar-refractivity contribution in [2.75, 3.05) is 18.5 Å². The van der Waals surface area contributed by atoms with Gasteiger partial charge in [0.05, 0.1) is 13.2 Å². The highest BCUT2D eigenvalue weighted by molar-refractivity contribution is 9.09. The zero-order valence-electron chi connectivity index (χ0n) is 12.4. The lowest BCUT2D eigenvalue weighted by Gasteiger charge is -2.13. The van der Waals surface area contributed by atoms with Gasteiger partial charge in [-0.3, -0.25) is 4.79 Å². The lowest BCUT2D eigenvalue weighted by atomic mass is 10.1. The Morgan fingerprint density at radius 3 is 2.35 bits per heavy atom. The summed E-state index contributed by atoms with van der Waals surface area (Å²) in [6.07, 6.45) is 9.34. The lowest BCUT2D eigenvalue weighted by Crippen LogP contribution is -2.17. The largest absolute Gasteiger partial charge is 0.462 e. The Bertz CT molecular complexity index is 254. The number of esters is 1. The quantitative estimate of drug-likeness (QED) is 0.323. The number of alkyl halides is 1. The summed E-state index contributed by atoms with van der Waals surface area (Å²) in [6, 6.07) is 0. The molecule has 1 unspecified atom stereocenters. The van der Waals surface area contributed by atoms with Gasteiger partial charge in [0.1, 0.15) is 6.10 Å². The number of hydrogen-bond donors (Lipinski definition) is 0. The number of carbonyl (C=O) groups is 1. The summed E-state index contributed by atoms with van der Waals surface area (Å²) >= 11 is 3.38. The highest BCUT2D eigenvalue weighted by Gasteiger charge is 2.14. The minimum Gasteiger partial charge on any atom is -0.462 e. The van der Waals surface area contributed by atoms with Crippen LogP contribution in [0.2, 0.25) is 0 Å². The molecular weight excluding hydrogens is 324 g/mol. The SMILES string of the molecule is CC(=O)OC(CBr)CCCCCCCCC1OCCO1. The first-order valence-electron chi connectivity index (χ1n) is 7.68. The topological polar surface area (TPSA) is 44.8 Å². The van der Waals surface area contributed by atoms with E-state index >= 15 is 0 Å². The predicted molar refractivity (Wildman–Crippen MR) is 82.0 cm³/mol. The normalized spacial score (nSPS) is 17.3. The maximum atomic E-state index is 10.9. The molecule has 4 nitrogen and oxygen atoms in total. The molecule has 0 amide bonds. The standard InChI is InChI=1S/C15H27BrO4/c1-13(17)20-14(12-16)8-6-4-2-3-5-7-9-15-18-10-11-19-15/h14-15H,2-12H2,1H3. The van der Waals surface area contributed by atoms with Crippen LogP contribution in [-0.2, 0) is 19.0 Å². The van der Waals surface area contributed by atoms with Crippen LogP contribution in [0.5, 0.6) is 0 Å². The summed E-state index contributed by atoms with van der Waals surface area (Å²) in [5.74, 6) is -0.189. The molecule has 1 fully saturated rings. The Morgan fingerprint density at radius 1 is 1.15 bits per heavy atom. The van der Waals surface area contributed by atoms with Crippen molar-refractivity contribution in [2.24, 2.45) is 0 Å². The number of halogens is 1. The molecule has 1 atom stereocenters. The van der Waals surface area contributed by atoms with Crippen molar-refractivity contribution in [3.63, 3.8) is 0 Å². The molecule has 1 rings (SSSR count). The fraction of sp³-hybridized carbons (Fsp3) is 0.933. The second-order valence-electron chi connectivity index (χ2n) is 5.26. The van der Waals surface area contributed by atoms with Crippen LogP contribution in [0.1, 0.15) is 58.3 Å². The third-order valence-corrected chi connectivity index (χ3v) is 4.13. The number of unbranched alkanes of at least 4 members (excludes halogenated alkanes) is 5. The van der Waals surface area contributed by atoms with Crippen LogP contribution in [0.15, 0.2) is 0 Å². The van der Waals surface area contributed by atoms with Crippen molar-refractivity contribution in [1.29, 1.82) is 0 Å². The Morgan fingerprint density at radius 2 is 1.75 bits per heavy atom. The van der Waals surface area contributed by atoms with Crippen molar-refractivity contribution in [1.82, 2.24) is 0 Å². The van der Waals surface area contributed by atoms with E-state index in [9.17, 15) is 4.79 Å². The minimum atomic E-state index is -0.189. The van der Waals surface area contributed by atoms with Gasteiger partial charge >= 0.3 is 5.97 Å². The number of carbonyl (C=O) groups excluding carboxylic acids is 1. The monoisotopic (exact) mass is 350 g/mol. The first-order chi connectivity index (χ1) is 9.72. The molecule has 5 heteroatoms. The van der Waals surface area contributed by atoms with Crippen LogP contribution in [-0.4, -0.2) is 36.9 Å². The van der Waals surface area contributed by atoms with Crippen LogP contribution in [0.3, 0.4) is 0 Å². The molecule has 0 saturated carbocycles. The molecule has 0 aromatic rings. The molecule has 0 aromatic heterocycles. The Labute approximate surface area is 130 Å². The molecule has 0 spiro atoms. The lowest BCUT2D eigenvalue weighted by molar-refractivity contribution is -0.145. The van der Waals surface area contributed by atoms with E-state index in [2.05, 4.69) is 15.9 Å². The van der Waals surface area contributed by atoms with Crippen molar-refractivity contribution in [3.05, 3.63) is 0 Å². The van der Waals surface area contributed by atoms with Gasteiger partial charge < -0.3 is 14.2 Å². The van der Waals surface area contributed by atoms with Crippen molar-refractivity contribution >= 4 is 21.9 Å². The summed E-state index contributed by atoms with van der Waals surface area (Å²) in [7, 11) is 0. The molecule has 0 aliphatic carbocycles. The first kappa shape index (κ1) is 17.9. The molecule has 118 valence electrons. The van der Waals surface area contributed by atoms with Crippen LogP contribution >= 0.6 is 15.9 Å². The van der Waals surface area contributed by atoms with Gasteiger partial charge in [0.2, 0.25) is 0 Å². The minimum absolute atomic E-state index is 0.0316. The number of ether oxygens (including phenoxy) is 3. The van der Waals surface area contributed by atoms with Crippen LogP contribution in [0.4, 0.5) is 0 Å². The van der Waals surface area contributed by atoms with Gasteiger partial charge in [-0.05, 0) is 25.7 Å². The van der Waals surface area contributed by atoms with E-state index in [0.29, 0.717) is 0 Å². The summed E-state index contributed by atoms with van der Waals surface area (Å²) in [4.78, 5) is 10.9. The second-order valence-corrected chi connectivity index (χ2v) is 5.90. The molecule has 1 saturated heterocycles. The molecule has 0 bridgehead atoms. The van der Waals surface area contributed by atoms with Gasteiger partial charge in [-0.15, -0.1) is 0 Å². The molecule has 1 heterocycles. The average molecular weight is 351 g/mol. The van der Waals surface area contributed by atoms with Crippen LogP contribution < -0.4 is 0 Å². The van der Waals surface area contributed by atoms with Crippen LogP contribution in [0, 0.1) is 0 Å². The number of rotatable bonds is 11. The van der Waals surface area contributed by atoms with Crippen molar-refractivity contribution in [3.8, 4) is 0 Å². The molecule has 20 heavy (non-hydrogen) atoms. The van der Waals surface area contributed by atoms with E-state index in [1.807, 2.05) is 0 Å². The van der Waals surface area contributed by atoms with E-state index in [1.165, 1.54) is 39.0 Å². The van der Waals surface area contributed by atoms with E-state index in [4.69, 9.17) is 14.2 Å². The maximum Gasteiger partial charge on any atom is 0.302 e. The maximum absolute atomic E-state index is 10.9. The van der Waals surface area contributed by atoms with Gasteiger partial charge in [-0.1, -0.05) is 41.6 Å². The molecule has 0 aromatic carbocycles. The highest BCUT2D eigenvalue weighted by atomic mass is 79.9. The van der Waals surface area contributed by atoms with E-state index < -0.39 is 0 Å². The summed E-state index contributed by atoms with van der Waals surface area (Å²) in [5, 5.41) is 0.730.